The van der Waals surface area contributed by atoms with Crippen LogP contribution in [0.4, 0.5) is 0 Å². The van der Waals surface area contributed by atoms with Gasteiger partial charge in [0.2, 0.25) is 0 Å². The van der Waals surface area contributed by atoms with Crippen molar-refractivity contribution in [1.29, 1.82) is 0 Å². The summed E-state index contributed by atoms with van der Waals surface area (Å²) in [7, 11) is 0. The highest BCUT2D eigenvalue weighted by molar-refractivity contribution is 14.1. The lowest BCUT2D eigenvalue weighted by Crippen LogP contribution is -2.48. The molecule has 0 amide bonds. The second-order valence-electron chi connectivity index (χ2n) is 6.49. The molecule has 1 aromatic rings. The molecule has 116 valence electrons. The SMILES string of the molecule is CC(O)(c1ccc(I)cc1)C1CCOC2(CCOCC2)C1. The molecular weight excluding hydrogens is 379 g/mol. The maximum absolute atomic E-state index is 11.1. The number of hydrogen-bond donors (Lipinski definition) is 1. The standard InChI is InChI=1S/C17H23IO3/c1-16(19,13-2-4-15(18)5-3-13)14-6-9-21-17(12-14)7-10-20-11-8-17/h2-5,14,19H,6-12H2,1H3. The molecule has 2 fully saturated rings. The van der Waals surface area contributed by atoms with Crippen LogP contribution < -0.4 is 0 Å². The van der Waals surface area contributed by atoms with E-state index >= 15 is 0 Å². The smallest absolute Gasteiger partial charge is 0.0898 e. The fourth-order valence-electron chi connectivity index (χ4n) is 3.62. The van der Waals surface area contributed by atoms with Gasteiger partial charge in [-0.2, -0.15) is 0 Å². The maximum Gasteiger partial charge on any atom is 0.0898 e. The zero-order valence-electron chi connectivity index (χ0n) is 12.5. The summed E-state index contributed by atoms with van der Waals surface area (Å²) < 4.78 is 12.8. The molecule has 4 heteroatoms. The molecule has 0 saturated carbocycles. The monoisotopic (exact) mass is 402 g/mol. The van der Waals surface area contributed by atoms with Crippen LogP contribution in [0.5, 0.6) is 0 Å². The Morgan fingerprint density at radius 2 is 1.86 bits per heavy atom. The number of benzene rings is 1. The van der Waals surface area contributed by atoms with Gasteiger partial charge in [0.1, 0.15) is 0 Å². The Morgan fingerprint density at radius 1 is 1.19 bits per heavy atom. The number of rotatable bonds is 2. The summed E-state index contributed by atoms with van der Waals surface area (Å²) in [6.45, 7) is 4.25. The molecule has 1 aromatic carbocycles. The molecule has 0 radical (unpaired) electrons. The highest BCUT2D eigenvalue weighted by Crippen LogP contribution is 2.44. The maximum atomic E-state index is 11.1. The van der Waals surface area contributed by atoms with Gasteiger partial charge in [-0.3, -0.25) is 0 Å². The fraction of sp³-hybridized carbons (Fsp3) is 0.647. The van der Waals surface area contributed by atoms with Crippen LogP contribution in [0.15, 0.2) is 24.3 Å². The quantitative estimate of drug-likeness (QED) is 0.771. The third kappa shape index (κ3) is 3.28. The summed E-state index contributed by atoms with van der Waals surface area (Å²) in [5.74, 6) is 0.240. The van der Waals surface area contributed by atoms with Gasteiger partial charge >= 0.3 is 0 Å². The predicted octanol–water partition coefficient (Wildman–Crippen LogP) is 3.47. The lowest BCUT2D eigenvalue weighted by molar-refractivity contribution is -0.174. The highest BCUT2D eigenvalue weighted by Gasteiger charge is 2.45. The molecule has 1 spiro atoms. The van der Waals surface area contributed by atoms with E-state index in [4.69, 9.17) is 9.47 Å². The van der Waals surface area contributed by atoms with Gasteiger partial charge in [-0.1, -0.05) is 12.1 Å². The molecule has 2 heterocycles. The lowest BCUT2D eigenvalue weighted by Gasteiger charge is -2.47. The Labute approximate surface area is 140 Å². The van der Waals surface area contributed by atoms with Crippen LogP contribution in [0.3, 0.4) is 0 Å². The minimum absolute atomic E-state index is 0.0750. The number of hydrogen-bond acceptors (Lipinski definition) is 3. The molecule has 2 aliphatic rings. The lowest BCUT2D eigenvalue weighted by atomic mass is 9.71. The zero-order valence-corrected chi connectivity index (χ0v) is 14.6. The summed E-state index contributed by atoms with van der Waals surface area (Å²) in [6.07, 6.45) is 3.75. The fourth-order valence-corrected chi connectivity index (χ4v) is 3.98. The first-order valence-corrected chi connectivity index (χ1v) is 8.80. The Balaban J connectivity index is 1.79. The van der Waals surface area contributed by atoms with E-state index in [2.05, 4.69) is 34.7 Å². The van der Waals surface area contributed by atoms with Crippen molar-refractivity contribution in [3.63, 3.8) is 0 Å². The normalized spacial score (nSPS) is 28.2. The van der Waals surface area contributed by atoms with E-state index in [9.17, 15) is 5.11 Å². The Bertz CT molecular complexity index is 472. The summed E-state index contributed by atoms with van der Waals surface area (Å²) >= 11 is 2.29. The molecule has 1 N–H and O–H groups in total. The largest absolute Gasteiger partial charge is 0.385 e. The molecule has 2 aliphatic heterocycles. The molecule has 2 unspecified atom stereocenters. The van der Waals surface area contributed by atoms with Crippen LogP contribution in [0, 0.1) is 9.49 Å². The summed E-state index contributed by atoms with van der Waals surface area (Å²) in [5, 5.41) is 11.1. The van der Waals surface area contributed by atoms with Gasteiger partial charge in [-0.25, -0.2) is 0 Å². The van der Waals surface area contributed by atoms with Gasteiger partial charge in [0.05, 0.1) is 11.2 Å². The summed E-state index contributed by atoms with van der Waals surface area (Å²) in [4.78, 5) is 0. The van der Waals surface area contributed by atoms with Crippen molar-refractivity contribution in [1.82, 2.24) is 0 Å². The third-order valence-corrected chi connectivity index (χ3v) is 5.84. The van der Waals surface area contributed by atoms with Crippen LogP contribution in [-0.2, 0) is 15.1 Å². The van der Waals surface area contributed by atoms with Gasteiger partial charge in [-0.05, 0) is 78.8 Å². The zero-order chi connectivity index (χ0) is 14.9. The topological polar surface area (TPSA) is 38.7 Å². The van der Waals surface area contributed by atoms with Crippen molar-refractivity contribution < 1.29 is 14.6 Å². The van der Waals surface area contributed by atoms with E-state index < -0.39 is 5.60 Å². The van der Waals surface area contributed by atoms with Gasteiger partial charge in [-0.15, -0.1) is 0 Å². The van der Waals surface area contributed by atoms with E-state index in [1.54, 1.807) is 0 Å². The summed E-state index contributed by atoms with van der Waals surface area (Å²) in [6, 6.07) is 8.23. The summed E-state index contributed by atoms with van der Waals surface area (Å²) in [5.41, 5.74) is 0.144. The molecule has 2 saturated heterocycles. The Hall–Kier alpha value is -0.170. The van der Waals surface area contributed by atoms with Gasteiger partial charge < -0.3 is 14.6 Å². The van der Waals surface area contributed by atoms with Crippen LogP contribution in [0.2, 0.25) is 0 Å². The van der Waals surface area contributed by atoms with Crippen molar-refractivity contribution in [3.8, 4) is 0 Å². The van der Waals surface area contributed by atoms with E-state index in [0.29, 0.717) is 0 Å². The van der Waals surface area contributed by atoms with Crippen molar-refractivity contribution >= 4 is 22.6 Å². The molecule has 3 rings (SSSR count). The first-order chi connectivity index (χ1) is 10.0. The second kappa shape index (κ2) is 6.14. The number of ether oxygens (including phenoxy) is 2. The predicted molar refractivity (Wildman–Crippen MR) is 90.2 cm³/mol. The number of halogens is 1. The first-order valence-electron chi connectivity index (χ1n) is 7.72. The molecule has 2 atom stereocenters. The Kier molecular flexibility index (Phi) is 4.60. The van der Waals surface area contributed by atoms with E-state index in [0.717, 1.165) is 51.1 Å². The number of aliphatic hydroxyl groups is 1. The van der Waals surface area contributed by atoms with E-state index in [1.165, 1.54) is 3.57 Å². The first kappa shape index (κ1) is 15.7. The van der Waals surface area contributed by atoms with Crippen molar-refractivity contribution in [2.75, 3.05) is 19.8 Å². The van der Waals surface area contributed by atoms with Crippen molar-refractivity contribution in [3.05, 3.63) is 33.4 Å². The van der Waals surface area contributed by atoms with E-state index in [1.807, 2.05) is 19.1 Å². The average Bonchev–Trinajstić information content (AvgIpc) is 2.48. The molecule has 0 aliphatic carbocycles. The van der Waals surface area contributed by atoms with Crippen LogP contribution in [0.1, 0.15) is 38.2 Å². The van der Waals surface area contributed by atoms with Crippen LogP contribution in [0.25, 0.3) is 0 Å². The second-order valence-corrected chi connectivity index (χ2v) is 7.73. The van der Waals surface area contributed by atoms with E-state index in [-0.39, 0.29) is 11.5 Å². The molecule has 0 bridgehead atoms. The minimum Gasteiger partial charge on any atom is -0.385 e. The molecule has 21 heavy (non-hydrogen) atoms. The highest BCUT2D eigenvalue weighted by atomic mass is 127. The van der Waals surface area contributed by atoms with Gasteiger partial charge in [0, 0.05) is 23.4 Å². The van der Waals surface area contributed by atoms with Gasteiger partial charge in [0.25, 0.3) is 0 Å². The van der Waals surface area contributed by atoms with Gasteiger partial charge in [0.15, 0.2) is 0 Å². The average molecular weight is 402 g/mol. The van der Waals surface area contributed by atoms with Crippen LogP contribution >= 0.6 is 22.6 Å². The molecule has 0 aromatic heterocycles. The van der Waals surface area contributed by atoms with Crippen molar-refractivity contribution in [2.45, 2.75) is 43.8 Å². The minimum atomic E-state index is -0.792. The Morgan fingerprint density at radius 3 is 2.52 bits per heavy atom. The van der Waals surface area contributed by atoms with Crippen LogP contribution in [-0.4, -0.2) is 30.5 Å². The van der Waals surface area contributed by atoms with Crippen molar-refractivity contribution in [2.24, 2.45) is 5.92 Å². The third-order valence-electron chi connectivity index (χ3n) is 5.12. The molecular formula is C17H23IO3. The molecule has 3 nitrogen and oxygen atoms in total.